The van der Waals surface area contributed by atoms with Crippen molar-refractivity contribution in [2.24, 2.45) is 5.73 Å². The molecule has 2 atom stereocenters. The SMILES string of the molecule is CCCc1cc(=O)[nH]c(SC2CCC(N)(C(=O)O)C2)n1. The van der Waals surface area contributed by atoms with Crippen molar-refractivity contribution in [3.8, 4) is 0 Å². The van der Waals surface area contributed by atoms with E-state index in [-0.39, 0.29) is 10.8 Å². The predicted octanol–water partition coefficient (Wildman–Crippen LogP) is 1.15. The number of nitrogens with two attached hydrogens (primary N) is 1. The van der Waals surface area contributed by atoms with E-state index in [2.05, 4.69) is 9.97 Å². The number of thioether (sulfide) groups is 1. The van der Waals surface area contributed by atoms with Crippen LogP contribution in [0.25, 0.3) is 0 Å². The molecule has 0 radical (unpaired) electrons. The standard InChI is InChI=1S/C13H19N3O3S/c1-2-3-8-6-10(17)16-12(15-8)20-9-4-5-13(14,7-9)11(18)19/h6,9H,2-5,7,14H2,1H3,(H,18,19)(H,15,16,17). The summed E-state index contributed by atoms with van der Waals surface area (Å²) in [5.74, 6) is -0.957. The van der Waals surface area contributed by atoms with Gasteiger partial charge in [0.15, 0.2) is 5.16 Å². The van der Waals surface area contributed by atoms with E-state index in [1.165, 1.54) is 17.8 Å². The van der Waals surface area contributed by atoms with Crippen LogP contribution in [-0.2, 0) is 11.2 Å². The number of carboxylic acids is 1. The van der Waals surface area contributed by atoms with Gasteiger partial charge in [-0.15, -0.1) is 0 Å². The third kappa shape index (κ3) is 3.40. The second kappa shape index (κ2) is 5.97. The molecule has 1 aromatic rings. The van der Waals surface area contributed by atoms with Gasteiger partial charge in [0.05, 0.1) is 0 Å². The average Bonchev–Trinajstić information content (AvgIpc) is 2.72. The second-order valence-electron chi connectivity index (χ2n) is 5.24. The van der Waals surface area contributed by atoms with Crippen molar-refractivity contribution < 1.29 is 9.90 Å². The molecule has 20 heavy (non-hydrogen) atoms. The molecule has 1 aromatic heterocycles. The monoisotopic (exact) mass is 297 g/mol. The molecule has 0 aliphatic heterocycles. The Hall–Kier alpha value is -1.34. The third-order valence-electron chi connectivity index (χ3n) is 3.49. The van der Waals surface area contributed by atoms with E-state index in [4.69, 9.17) is 10.8 Å². The first kappa shape index (κ1) is 15.1. The minimum Gasteiger partial charge on any atom is -0.480 e. The van der Waals surface area contributed by atoms with Crippen molar-refractivity contribution in [2.75, 3.05) is 0 Å². The number of hydrogen-bond acceptors (Lipinski definition) is 5. The first-order chi connectivity index (χ1) is 9.43. The lowest BCUT2D eigenvalue weighted by Gasteiger charge is -2.17. The fraction of sp³-hybridized carbons (Fsp3) is 0.615. The van der Waals surface area contributed by atoms with Gasteiger partial charge in [0.2, 0.25) is 0 Å². The van der Waals surface area contributed by atoms with Gasteiger partial charge < -0.3 is 15.8 Å². The van der Waals surface area contributed by atoms with E-state index in [9.17, 15) is 9.59 Å². The minimum atomic E-state index is -1.14. The summed E-state index contributed by atoms with van der Waals surface area (Å²) in [7, 11) is 0. The number of rotatable bonds is 5. The highest BCUT2D eigenvalue weighted by atomic mass is 32.2. The van der Waals surface area contributed by atoms with Crippen molar-refractivity contribution in [3.63, 3.8) is 0 Å². The fourth-order valence-corrected chi connectivity index (χ4v) is 3.67. The average molecular weight is 297 g/mol. The fourth-order valence-electron chi connectivity index (χ4n) is 2.41. The van der Waals surface area contributed by atoms with Gasteiger partial charge in [0, 0.05) is 17.0 Å². The van der Waals surface area contributed by atoms with E-state index in [1.54, 1.807) is 0 Å². The number of aromatic nitrogens is 2. The zero-order valence-corrected chi connectivity index (χ0v) is 12.2. The molecule has 0 spiro atoms. The number of nitrogens with zero attached hydrogens (tertiary/aromatic N) is 1. The summed E-state index contributed by atoms with van der Waals surface area (Å²) in [6.45, 7) is 2.03. The maximum absolute atomic E-state index is 11.6. The van der Waals surface area contributed by atoms with Crippen molar-refractivity contribution in [3.05, 3.63) is 22.1 Å². The van der Waals surface area contributed by atoms with Crippen molar-refractivity contribution in [2.45, 2.75) is 55.0 Å². The molecule has 0 bridgehead atoms. The van der Waals surface area contributed by atoms with Gasteiger partial charge in [0.1, 0.15) is 5.54 Å². The number of aliphatic carboxylic acids is 1. The largest absolute Gasteiger partial charge is 0.480 e. The van der Waals surface area contributed by atoms with Crippen LogP contribution in [0.4, 0.5) is 0 Å². The molecule has 1 aliphatic rings. The number of nitrogens with one attached hydrogen (secondary N) is 1. The molecule has 1 saturated carbocycles. The van der Waals surface area contributed by atoms with E-state index >= 15 is 0 Å². The first-order valence-electron chi connectivity index (χ1n) is 6.72. The van der Waals surface area contributed by atoms with E-state index < -0.39 is 11.5 Å². The zero-order chi connectivity index (χ0) is 14.8. The highest BCUT2D eigenvalue weighted by Crippen LogP contribution is 2.37. The summed E-state index contributed by atoms with van der Waals surface area (Å²) in [5.41, 5.74) is 5.31. The van der Waals surface area contributed by atoms with Gasteiger partial charge in [-0.25, -0.2) is 4.98 Å². The second-order valence-corrected chi connectivity index (χ2v) is 6.52. The number of H-pyrrole nitrogens is 1. The van der Waals surface area contributed by atoms with Crippen molar-refractivity contribution in [1.82, 2.24) is 9.97 Å². The van der Waals surface area contributed by atoms with Crippen LogP contribution >= 0.6 is 11.8 Å². The highest BCUT2D eigenvalue weighted by Gasteiger charge is 2.42. The Kier molecular flexibility index (Phi) is 4.49. The summed E-state index contributed by atoms with van der Waals surface area (Å²) >= 11 is 1.42. The van der Waals surface area contributed by atoms with Gasteiger partial charge in [-0.2, -0.15) is 0 Å². The van der Waals surface area contributed by atoms with E-state index in [0.717, 1.165) is 25.0 Å². The molecule has 0 aromatic carbocycles. The highest BCUT2D eigenvalue weighted by molar-refractivity contribution is 7.99. The van der Waals surface area contributed by atoms with Gasteiger partial charge >= 0.3 is 5.97 Å². The molecule has 0 amide bonds. The van der Waals surface area contributed by atoms with Crippen LogP contribution in [-0.4, -0.2) is 31.8 Å². The minimum absolute atomic E-state index is 0.0797. The van der Waals surface area contributed by atoms with Gasteiger partial charge in [0.25, 0.3) is 5.56 Å². The van der Waals surface area contributed by atoms with Crippen LogP contribution < -0.4 is 11.3 Å². The Morgan fingerprint density at radius 3 is 3.05 bits per heavy atom. The summed E-state index contributed by atoms with van der Waals surface area (Å²) < 4.78 is 0. The molecule has 0 saturated heterocycles. The summed E-state index contributed by atoms with van der Waals surface area (Å²) in [6, 6.07) is 1.51. The Labute approximate surface area is 121 Å². The molecule has 1 fully saturated rings. The molecule has 4 N–H and O–H groups in total. The van der Waals surface area contributed by atoms with Crippen LogP contribution in [0.5, 0.6) is 0 Å². The Morgan fingerprint density at radius 1 is 1.70 bits per heavy atom. The zero-order valence-electron chi connectivity index (χ0n) is 11.4. The molecule has 1 heterocycles. The van der Waals surface area contributed by atoms with E-state index in [0.29, 0.717) is 18.0 Å². The van der Waals surface area contributed by atoms with Crippen molar-refractivity contribution >= 4 is 17.7 Å². The Bertz CT molecular complexity index is 560. The maximum Gasteiger partial charge on any atom is 0.323 e. The summed E-state index contributed by atoms with van der Waals surface area (Å²) in [4.78, 5) is 29.8. The number of hydrogen-bond donors (Lipinski definition) is 3. The molecule has 7 heteroatoms. The molecule has 1 aliphatic carbocycles. The molecule has 2 unspecified atom stereocenters. The predicted molar refractivity (Wildman–Crippen MR) is 76.9 cm³/mol. The number of carboxylic acid groups (broad SMARTS) is 1. The van der Waals surface area contributed by atoms with Crippen LogP contribution in [0.2, 0.25) is 0 Å². The van der Waals surface area contributed by atoms with Crippen LogP contribution in [0.15, 0.2) is 16.0 Å². The number of aryl methyl sites for hydroxylation is 1. The van der Waals surface area contributed by atoms with Crippen LogP contribution in [0.1, 0.15) is 38.3 Å². The molecule has 2 rings (SSSR count). The van der Waals surface area contributed by atoms with Gasteiger partial charge in [-0.05, 0) is 25.7 Å². The van der Waals surface area contributed by atoms with Crippen LogP contribution in [0.3, 0.4) is 0 Å². The van der Waals surface area contributed by atoms with Crippen molar-refractivity contribution in [1.29, 1.82) is 0 Å². The third-order valence-corrected chi connectivity index (χ3v) is 4.64. The molecule has 110 valence electrons. The number of carbonyl (C=O) groups is 1. The van der Waals surface area contributed by atoms with Gasteiger partial charge in [-0.3, -0.25) is 9.59 Å². The Balaban J connectivity index is 2.08. The first-order valence-corrected chi connectivity index (χ1v) is 7.60. The number of aromatic amines is 1. The lowest BCUT2D eigenvalue weighted by Crippen LogP contribution is -2.45. The Morgan fingerprint density at radius 2 is 2.45 bits per heavy atom. The van der Waals surface area contributed by atoms with Crippen LogP contribution in [0, 0.1) is 0 Å². The molecular formula is C13H19N3O3S. The lowest BCUT2D eigenvalue weighted by atomic mass is 10.0. The van der Waals surface area contributed by atoms with Gasteiger partial charge in [-0.1, -0.05) is 25.1 Å². The normalized spacial score (nSPS) is 25.8. The topological polar surface area (TPSA) is 109 Å². The smallest absolute Gasteiger partial charge is 0.323 e. The summed E-state index contributed by atoms with van der Waals surface area (Å²) in [6.07, 6.45) is 3.26. The lowest BCUT2D eigenvalue weighted by molar-refractivity contribution is -0.143. The molecular weight excluding hydrogens is 278 g/mol. The maximum atomic E-state index is 11.6. The summed E-state index contributed by atoms with van der Waals surface area (Å²) in [5, 5.41) is 9.74. The molecule has 6 nitrogen and oxygen atoms in total. The van der Waals surface area contributed by atoms with E-state index in [1.807, 2.05) is 6.92 Å². The quantitative estimate of drug-likeness (QED) is 0.703.